The Morgan fingerprint density at radius 2 is 1.91 bits per heavy atom. The van der Waals surface area contributed by atoms with E-state index in [2.05, 4.69) is 31.9 Å². The van der Waals surface area contributed by atoms with Gasteiger partial charge in [-0.15, -0.1) is 0 Å². The molecule has 6 rings (SSSR count). The Morgan fingerprint density at radius 1 is 1.12 bits per heavy atom. The first-order chi connectivity index (χ1) is 16.0. The molecule has 0 radical (unpaired) electrons. The van der Waals surface area contributed by atoms with Crippen molar-refractivity contribution >= 4 is 34.2 Å². The number of halogens is 3. The highest BCUT2D eigenvalue weighted by molar-refractivity contribution is 6.30. The van der Waals surface area contributed by atoms with Crippen LogP contribution in [0.1, 0.15) is 30.5 Å². The second-order valence-electron chi connectivity index (χ2n) is 8.61. The van der Waals surface area contributed by atoms with E-state index in [1.807, 2.05) is 10.6 Å². The number of nitrogens with one attached hydrogen (secondary N) is 1. The van der Waals surface area contributed by atoms with Gasteiger partial charge in [-0.05, 0) is 42.7 Å². The van der Waals surface area contributed by atoms with Gasteiger partial charge in [0.1, 0.15) is 17.3 Å². The summed E-state index contributed by atoms with van der Waals surface area (Å²) >= 11 is 5.69. The fraction of sp³-hybridized carbons (Fsp3) is 0.348. The van der Waals surface area contributed by atoms with Gasteiger partial charge in [-0.25, -0.2) is 13.8 Å². The first kappa shape index (κ1) is 20.4. The Balaban J connectivity index is 1.38. The molecule has 0 aliphatic carbocycles. The molecule has 10 heteroatoms. The lowest BCUT2D eigenvalue weighted by molar-refractivity contribution is 0.133. The highest BCUT2D eigenvalue weighted by Gasteiger charge is 2.38. The van der Waals surface area contributed by atoms with Crippen LogP contribution in [-0.4, -0.2) is 50.9 Å². The van der Waals surface area contributed by atoms with Crippen molar-refractivity contribution in [3.63, 3.8) is 0 Å². The quantitative estimate of drug-likeness (QED) is 0.428. The van der Waals surface area contributed by atoms with Crippen molar-refractivity contribution < 1.29 is 13.5 Å². The summed E-state index contributed by atoms with van der Waals surface area (Å²) in [7, 11) is 0. The molecule has 1 aromatic carbocycles. The Morgan fingerprint density at radius 3 is 2.64 bits per heavy atom. The van der Waals surface area contributed by atoms with Gasteiger partial charge in [0.25, 0.3) is 0 Å². The van der Waals surface area contributed by atoms with E-state index in [9.17, 15) is 8.78 Å². The maximum absolute atomic E-state index is 14.1. The van der Waals surface area contributed by atoms with Crippen molar-refractivity contribution in [2.24, 2.45) is 5.41 Å². The molecule has 1 spiro atoms. The molecule has 5 heterocycles. The molecule has 2 aliphatic heterocycles. The maximum Gasteiger partial charge on any atom is 0.213 e. The number of fused-ring (bicyclic) bond motifs is 3. The fourth-order valence-corrected chi connectivity index (χ4v) is 4.94. The van der Waals surface area contributed by atoms with E-state index >= 15 is 0 Å². The number of hydrogen-bond acceptors (Lipinski definition) is 5. The van der Waals surface area contributed by atoms with Crippen LogP contribution < -0.4 is 4.90 Å². The van der Waals surface area contributed by atoms with Crippen molar-refractivity contribution in [2.45, 2.75) is 19.3 Å². The molecule has 1 N–H and O–H groups in total. The molecule has 2 saturated heterocycles. The summed E-state index contributed by atoms with van der Waals surface area (Å²) in [6.45, 7) is 3.44. The summed E-state index contributed by atoms with van der Waals surface area (Å²) in [6, 6.07) is 2.05. The smallest absolute Gasteiger partial charge is 0.213 e. The van der Waals surface area contributed by atoms with Crippen molar-refractivity contribution in [1.82, 2.24) is 24.6 Å². The van der Waals surface area contributed by atoms with E-state index < -0.39 is 11.6 Å². The second-order valence-corrected chi connectivity index (χ2v) is 9.05. The zero-order chi connectivity index (χ0) is 22.6. The van der Waals surface area contributed by atoms with E-state index in [0.717, 1.165) is 63.6 Å². The summed E-state index contributed by atoms with van der Waals surface area (Å²) in [5.74, 6) is 4.43. The molecule has 0 unspecified atom stereocenters. The number of nitrogens with zero attached hydrogens (tertiary/aromatic N) is 5. The van der Waals surface area contributed by atoms with Gasteiger partial charge in [-0.1, -0.05) is 17.5 Å². The first-order valence-corrected chi connectivity index (χ1v) is 11.1. The number of imidazole rings is 1. The number of hydrogen-bond donors (Lipinski definition) is 1. The van der Waals surface area contributed by atoms with E-state index in [1.165, 1.54) is 0 Å². The molecular weight excluding hydrogens is 450 g/mol. The van der Waals surface area contributed by atoms with Gasteiger partial charge in [0.15, 0.2) is 11.3 Å². The van der Waals surface area contributed by atoms with Crippen molar-refractivity contribution in [2.75, 3.05) is 31.2 Å². The van der Waals surface area contributed by atoms with Crippen LogP contribution >= 0.6 is 11.6 Å². The van der Waals surface area contributed by atoms with Gasteiger partial charge >= 0.3 is 0 Å². The third kappa shape index (κ3) is 3.41. The van der Waals surface area contributed by atoms with Gasteiger partial charge in [0.2, 0.25) is 5.95 Å². The topological polar surface area (TPSA) is 71.3 Å². The molecule has 0 saturated carbocycles. The molecule has 0 atom stereocenters. The number of H-pyrrole nitrogens is 1. The highest BCUT2D eigenvalue weighted by Crippen LogP contribution is 2.40. The zero-order valence-electron chi connectivity index (χ0n) is 17.5. The Labute approximate surface area is 192 Å². The molecule has 3 aromatic heterocycles. The van der Waals surface area contributed by atoms with Crippen LogP contribution in [0.25, 0.3) is 16.7 Å². The van der Waals surface area contributed by atoms with Crippen LogP contribution in [0.4, 0.5) is 14.7 Å². The van der Waals surface area contributed by atoms with Crippen LogP contribution in [0, 0.1) is 28.9 Å². The monoisotopic (exact) mass is 468 g/mol. The predicted molar refractivity (Wildman–Crippen MR) is 119 cm³/mol. The van der Waals surface area contributed by atoms with Crippen LogP contribution in [0.2, 0.25) is 5.02 Å². The standard InChI is InChI=1S/C23H19ClF2N6O/c24-14-11-16(25)15(17(26)12-14)1-2-18-19-20(30-29-18)28-22(32-9-6-27-21(19)32)31-7-3-23(4-8-31)5-10-33-13-23/h6,9,11-12H,3-5,7-8,10,13H2,(H,29,30). The molecule has 0 amide bonds. The molecule has 2 aliphatic rings. The van der Waals surface area contributed by atoms with Gasteiger partial charge in [0, 0.05) is 37.1 Å². The lowest BCUT2D eigenvalue weighted by Crippen LogP contribution is -2.41. The minimum atomic E-state index is -0.825. The van der Waals surface area contributed by atoms with E-state index in [-0.39, 0.29) is 16.0 Å². The molecule has 7 nitrogen and oxygen atoms in total. The van der Waals surface area contributed by atoms with Gasteiger partial charge < -0.3 is 9.64 Å². The van der Waals surface area contributed by atoms with E-state index in [1.54, 1.807) is 6.20 Å². The lowest BCUT2D eigenvalue weighted by Gasteiger charge is -2.38. The number of benzene rings is 1. The van der Waals surface area contributed by atoms with Crippen molar-refractivity contribution in [1.29, 1.82) is 0 Å². The van der Waals surface area contributed by atoms with Crippen LogP contribution in [0.15, 0.2) is 24.5 Å². The predicted octanol–water partition coefficient (Wildman–Crippen LogP) is 3.94. The minimum absolute atomic E-state index is 0.0271. The third-order valence-corrected chi connectivity index (χ3v) is 6.86. The Kier molecular flexibility index (Phi) is 4.75. The average molecular weight is 469 g/mol. The average Bonchev–Trinajstić information content (AvgIpc) is 3.53. The van der Waals surface area contributed by atoms with E-state index in [4.69, 9.17) is 21.3 Å². The van der Waals surface area contributed by atoms with Crippen LogP contribution in [0.3, 0.4) is 0 Å². The van der Waals surface area contributed by atoms with Crippen LogP contribution in [-0.2, 0) is 4.74 Å². The summed E-state index contributed by atoms with van der Waals surface area (Å²) in [5, 5.41) is 7.71. The number of anilines is 1. The normalized spacial score (nSPS) is 17.7. The first-order valence-electron chi connectivity index (χ1n) is 10.7. The molecular formula is C23H19ClF2N6O. The fourth-order valence-electron chi connectivity index (χ4n) is 4.75. The summed E-state index contributed by atoms with van der Waals surface area (Å²) in [6.07, 6.45) is 6.77. The van der Waals surface area contributed by atoms with Crippen molar-refractivity contribution in [3.05, 3.63) is 52.4 Å². The number of aromatic nitrogens is 5. The maximum atomic E-state index is 14.1. The molecule has 168 valence electrons. The van der Waals surface area contributed by atoms with Gasteiger partial charge in [-0.2, -0.15) is 10.1 Å². The molecule has 4 aromatic rings. The number of piperidine rings is 1. The summed E-state index contributed by atoms with van der Waals surface area (Å²) in [4.78, 5) is 11.5. The highest BCUT2D eigenvalue weighted by atomic mass is 35.5. The summed E-state index contributed by atoms with van der Waals surface area (Å²) < 4.78 is 35.8. The largest absolute Gasteiger partial charge is 0.381 e. The van der Waals surface area contributed by atoms with Gasteiger partial charge in [-0.3, -0.25) is 9.50 Å². The number of aromatic amines is 1. The Hall–Kier alpha value is -3.22. The van der Waals surface area contributed by atoms with Crippen LogP contribution in [0.5, 0.6) is 0 Å². The molecule has 33 heavy (non-hydrogen) atoms. The summed E-state index contributed by atoms with van der Waals surface area (Å²) in [5.41, 5.74) is 1.40. The number of ether oxygens (including phenoxy) is 1. The minimum Gasteiger partial charge on any atom is -0.381 e. The lowest BCUT2D eigenvalue weighted by atomic mass is 9.78. The Bertz CT molecular complexity index is 1410. The SMILES string of the molecule is Fc1cc(Cl)cc(F)c1C#Cc1n[nH]c2nc(N3CCC4(CCOC4)CC3)n3ccnc3c12. The molecule has 0 bridgehead atoms. The van der Waals surface area contributed by atoms with Gasteiger partial charge in [0.05, 0.1) is 17.6 Å². The third-order valence-electron chi connectivity index (χ3n) is 6.64. The van der Waals surface area contributed by atoms with Crippen molar-refractivity contribution in [3.8, 4) is 11.8 Å². The zero-order valence-corrected chi connectivity index (χ0v) is 18.3. The molecule has 2 fully saturated rings. The number of rotatable bonds is 1. The second kappa shape index (κ2) is 7.68. The van der Waals surface area contributed by atoms with E-state index in [0.29, 0.717) is 22.4 Å².